The smallest absolute Gasteiger partial charge is 0.261 e. The molecule has 0 spiro atoms. The lowest BCUT2D eigenvalue weighted by Crippen LogP contribution is -2.37. The maximum Gasteiger partial charge on any atom is 0.261 e. The second kappa shape index (κ2) is 9.27. The first-order chi connectivity index (χ1) is 13.5. The van der Waals surface area contributed by atoms with Gasteiger partial charge in [-0.1, -0.05) is 49.4 Å². The number of nitrogens with one attached hydrogen (secondary N) is 1. The van der Waals surface area contributed by atoms with Crippen molar-refractivity contribution >= 4 is 16.7 Å². The summed E-state index contributed by atoms with van der Waals surface area (Å²) in [6.07, 6.45) is 0.215. The highest BCUT2D eigenvalue weighted by Gasteiger charge is 2.18. The van der Waals surface area contributed by atoms with Crippen LogP contribution in [0, 0.1) is 0 Å². The number of hydrogen-bond acceptors (Lipinski definition) is 3. The van der Waals surface area contributed by atoms with Gasteiger partial charge in [-0.3, -0.25) is 4.79 Å². The van der Waals surface area contributed by atoms with E-state index in [-0.39, 0.29) is 12.0 Å². The molecule has 1 amide bonds. The fourth-order valence-electron chi connectivity index (χ4n) is 2.99. The third kappa shape index (κ3) is 5.26. The van der Waals surface area contributed by atoms with Crippen LogP contribution in [0.2, 0.25) is 0 Å². The number of ether oxygens (including phenoxy) is 2. The molecule has 3 aromatic rings. The van der Waals surface area contributed by atoms with E-state index in [0.29, 0.717) is 18.7 Å². The van der Waals surface area contributed by atoms with Gasteiger partial charge in [0.05, 0.1) is 6.10 Å². The van der Waals surface area contributed by atoms with Crippen molar-refractivity contribution in [3.05, 3.63) is 72.3 Å². The minimum absolute atomic E-state index is 0.113. The monoisotopic (exact) mass is 377 g/mol. The van der Waals surface area contributed by atoms with E-state index in [0.717, 1.165) is 22.1 Å². The van der Waals surface area contributed by atoms with Crippen molar-refractivity contribution < 1.29 is 14.3 Å². The molecule has 4 nitrogen and oxygen atoms in total. The van der Waals surface area contributed by atoms with Crippen molar-refractivity contribution in [3.63, 3.8) is 0 Å². The normalized spacial score (nSPS) is 12.0. The summed E-state index contributed by atoms with van der Waals surface area (Å²) < 4.78 is 11.6. The molecule has 1 atom stereocenters. The number of rotatable bonds is 8. The number of carbonyl (C=O) groups is 1. The van der Waals surface area contributed by atoms with Crippen LogP contribution in [0.25, 0.3) is 10.8 Å². The summed E-state index contributed by atoms with van der Waals surface area (Å²) in [5.74, 6) is 1.42. The zero-order valence-corrected chi connectivity index (χ0v) is 16.6. The van der Waals surface area contributed by atoms with E-state index >= 15 is 0 Å². The van der Waals surface area contributed by atoms with Gasteiger partial charge in [0.25, 0.3) is 5.91 Å². The molecule has 0 fully saturated rings. The van der Waals surface area contributed by atoms with Gasteiger partial charge in [-0.15, -0.1) is 0 Å². The number of fused-ring (bicyclic) bond motifs is 1. The number of amides is 1. The molecular formula is C24H27NO3. The van der Waals surface area contributed by atoms with Gasteiger partial charge < -0.3 is 14.8 Å². The molecule has 0 heterocycles. The van der Waals surface area contributed by atoms with E-state index in [1.807, 2.05) is 81.4 Å². The van der Waals surface area contributed by atoms with Crippen LogP contribution in [0.15, 0.2) is 66.7 Å². The van der Waals surface area contributed by atoms with Crippen LogP contribution in [0.4, 0.5) is 0 Å². The predicted octanol–water partition coefficient (Wildman–Crippen LogP) is 5.10. The van der Waals surface area contributed by atoms with E-state index in [4.69, 9.17) is 9.47 Å². The highest BCUT2D eigenvalue weighted by atomic mass is 16.5. The van der Waals surface area contributed by atoms with Crippen molar-refractivity contribution in [2.75, 3.05) is 0 Å². The number of carbonyl (C=O) groups excluding carboxylic acids is 1. The Morgan fingerprint density at radius 2 is 1.57 bits per heavy atom. The minimum atomic E-state index is -0.523. The Balaban J connectivity index is 1.58. The van der Waals surface area contributed by atoms with Crippen LogP contribution < -0.4 is 14.8 Å². The molecule has 0 saturated heterocycles. The van der Waals surface area contributed by atoms with Crippen LogP contribution in [-0.2, 0) is 11.3 Å². The first-order valence-electron chi connectivity index (χ1n) is 9.74. The SMILES string of the molecule is CC[C@@H](Oc1ccc2ccccc2c1)C(=O)NCc1ccc(OC(C)C)cc1. The molecule has 3 rings (SSSR count). The molecule has 0 bridgehead atoms. The molecule has 28 heavy (non-hydrogen) atoms. The Morgan fingerprint density at radius 1 is 0.893 bits per heavy atom. The Labute approximate surface area is 166 Å². The zero-order chi connectivity index (χ0) is 19.9. The van der Waals surface area contributed by atoms with Crippen LogP contribution in [0.1, 0.15) is 32.8 Å². The summed E-state index contributed by atoms with van der Waals surface area (Å²) in [5, 5.41) is 5.21. The molecule has 146 valence electrons. The third-order valence-corrected chi connectivity index (χ3v) is 4.42. The lowest BCUT2D eigenvalue weighted by molar-refractivity contribution is -0.128. The summed E-state index contributed by atoms with van der Waals surface area (Å²) in [4.78, 5) is 12.6. The van der Waals surface area contributed by atoms with Crippen LogP contribution in [0.3, 0.4) is 0 Å². The van der Waals surface area contributed by atoms with Crippen molar-refractivity contribution in [2.45, 2.75) is 45.9 Å². The fourth-order valence-corrected chi connectivity index (χ4v) is 2.99. The van der Waals surface area contributed by atoms with Gasteiger partial charge in [-0.2, -0.15) is 0 Å². The van der Waals surface area contributed by atoms with Gasteiger partial charge in [0.1, 0.15) is 11.5 Å². The van der Waals surface area contributed by atoms with Crippen molar-refractivity contribution in [1.29, 1.82) is 0 Å². The Morgan fingerprint density at radius 3 is 2.25 bits per heavy atom. The van der Waals surface area contributed by atoms with E-state index in [1.165, 1.54) is 0 Å². The summed E-state index contributed by atoms with van der Waals surface area (Å²) in [6, 6.07) is 21.7. The minimum Gasteiger partial charge on any atom is -0.491 e. The van der Waals surface area contributed by atoms with Gasteiger partial charge in [0.2, 0.25) is 0 Å². The summed E-state index contributed by atoms with van der Waals surface area (Å²) in [6.45, 7) is 6.39. The number of hydrogen-bond donors (Lipinski definition) is 1. The van der Waals surface area contributed by atoms with Crippen molar-refractivity contribution in [1.82, 2.24) is 5.32 Å². The highest BCUT2D eigenvalue weighted by molar-refractivity contribution is 5.84. The maximum absolute atomic E-state index is 12.6. The first kappa shape index (κ1) is 19.7. The molecule has 0 aliphatic heterocycles. The van der Waals surface area contributed by atoms with E-state index in [9.17, 15) is 4.79 Å². The molecule has 4 heteroatoms. The van der Waals surface area contributed by atoms with Crippen LogP contribution in [0.5, 0.6) is 11.5 Å². The molecular weight excluding hydrogens is 350 g/mol. The molecule has 0 unspecified atom stereocenters. The van der Waals surface area contributed by atoms with Gasteiger partial charge in [-0.05, 0) is 60.9 Å². The fraction of sp³-hybridized carbons (Fsp3) is 0.292. The molecule has 0 aromatic heterocycles. The van der Waals surface area contributed by atoms with Crippen LogP contribution in [-0.4, -0.2) is 18.1 Å². The van der Waals surface area contributed by atoms with Gasteiger partial charge >= 0.3 is 0 Å². The molecule has 0 saturated carbocycles. The second-order valence-corrected chi connectivity index (χ2v) is 7.05. The molecule has 0 aliphatic carbocycles. The largest absolute Gasteiger partial charge is 0.491 e. The average Bonchev–Trinajstić information content (AvgIpc) is 2.70. The molecule has 3 aromatic carbocycles. The summed E-state index contributed by atoms with van der Waals surface area (Å²) >= 11 is 0. The molecule has 0 aliphatic rings. The highest BCUT2D eigenvalue weighted by Crippen LogP contribution is 2.22. The molecule has 0 radical (unpaired) electrons. The lowest BCUT2D eigenvalue weighted by Gasteiger charge is -2.18. The quantitative estimate of drug-likeness (QED) is 0.594. The zero-order valence-electron chi connectivity index (χ0n) is 16.6. The average molecular weight is 377 g/mol. The summed E-state index contributed by atoms with van der Waals surface area (Å²) in [5.41, 5.74) is 1.02. The standard InChI is InChI=1S/C24H27NO3/c1-4-23(28-22-14-11-19-7-5-6-8-20(19)15-22)24(26)25-16-18-9-12-21(13-10-18)27-17(2)3/h5-15,17,23H,4,16H2,1-3H3,(H,25,26)/t23-/m1/s1. The van der Waals surface area contributed by atoms with Gasteiger partial charge in [-0.25, -0.2) is 0 Å². The van der Waals surface area contributed by atoms with E-state index < -0.39 is 6.10 Å². The maximum atomic E-state index is 12.6. The topological polar surface area (TPSA) is 47.6 Å². The molecule has 1 N–H and O–H groups in total. The summed E-state index contributed by atoms with van der Waals surface area (Å²) in [7, 11) is 0. The predicted molar refractivity (Wildman–Crippen MR) is 113 cm³/mol. The van der Waals surface area contributed by atoms with E-state index in [1.54, 1.807) is 0 Å². The Kier molecular flexibility index (Phi) is 6.53. The van der Waals surface area contributed by atoms with E-state index in [2.05, 4.69) is 11.4 Å². The van der Waals surface area contributed by atoms with Crippen molar-refractivity contribution in [3.8, 4) is 11.5 Å². The third-order valence-electron chi connectivity index (χ3n) is 4.42. The first-order valence-corrected chi connectivity index (χ1v) is 9.74. The Bertz CT molecular complexity index is 919. The second-order valence-electron chi connectivity index (χ2n) is 7.05. The van der Waals surface area contributed by atoms with Crippen LogP contribution >= 0.6 is 0 Å². The van der Waals surface area contributed by atoms with Crippen molar-refractivity contribution in [2.24, 2.45) is 0 Å². The number of benzene rings is 3. The Hall–Kier alpha value is -3.01. The lowest BCUT2D eigenvalue weighted by atomic mass is 10.1. The van der Waals surface area contributed by atoms with Gasteiger partial charge in [0, 0.05) is 6.54 Å². The van der Waals surface area contributed by atoms with Gasteiger partial charge in [0.15, 0.2) is 6.10 Å².